The van der Waals surface area contributed by atoms with Crippen molar-refractivity contribution in [3.63, 3.8) is 0 Å². The molecule has 7 heteroatoms. The van der Waals surface area contributed by atoms with E-state index in [1.807, 2.05) is 0 Å². The van der Waals surface area contributed by atoms with Gasteiger partial charge in [0.05, 0.1) is 6.04 Å². The van der Waals surface area contributed by atoms with E-state index in [4.69, 9.17) is 4.63 Å². The molecule has 28 heavy (non-hydrogen) atoms. The molecule has 2 aliphatic rings. The van der Waals surface area contributed by atoms with Gasteiger partial charge >= 0.3 is 0 Å². The first-order chi connectivity index (χ1) is 13.4. The molecule has 2 heterocycles. The second kappa shape index (κ2) is 6.96. The fourth-order valence-corrected chi connectivity index (χ4v) is 4.21. The van der Waals surface area contributed by atoms with E-state index < -0.39 is 0 Å². The molecule has 1 aliphatic carbocycles. The van der Waals surface area contributed by atoms with Gasteiger partial charge in [-0.3, -0.25) is 4.79 Å². The Bertz CT molecular complexity index is 909. The van der Waals surface area contributed by atoms with Gasteiger partial charge in [0.25, 0.3) is 0 Å². The summed E-state index contributed by atoms with van der Waals surface area (Å²) < 4.78 is 4.91. The SMILES string of the molecule is CCN(CC)c1ccc(C2Nc3nonc3NC3=C2C(=O)CC(C)(C)C3)cc1. The molecule has 0 radical (unpaired) electrons. The van der Waals surface area contributed by atoms with Crippen molar-refractivity contribution in [3.05, 3.63) is 41.1 Å². The van der Waals surface area contributed by atoms with Crippen LogP contribution in [0.3, 0.4) is 0 Å². The third-order valence-electron chi connectivity index (χ3n) is 5.60. The molecular formula is C21H27N5O2. The van der Waals surface area contributed by atoms with Gasteiger partial charge in [-0.15, -0.1) is 0 Å². The van der Waals surface area contributed by atoms with Crippen molar-refractivity contribution < 1.29 is 9.42 Å². The van der Waals surface area contributed by atoms with Crippen LogP contribution in [0.25, 0.3) is 0 Å². The average Bonchev–Trinajstić information content (AvgIpc) is 3.01. The number of nitrogens with zero attached hydrogens (tertiary/aromatic N) is 3. The first-order valence-electron chi connectivity index (χ1n) is 9.89. The topological polar surface area (TPSA) is 83.3 Å². The van der Waals surface area contributed by atoms with Gasteiger partial charge in [0.2, 0.25) is 11.6 Å². The van der Waals surface area contributed by atoms with Gasteiger partial charge in [-0.2, -0.15) is 0 Å². The number of aromatic nitrogens is 2. The Morgan fingerprint density at radius 2 is 1.79 bits per heavy atom. The minimum absolute atomic E-state index is 0.0955. The minimum Gasteiger partial charge on any atom is -0.372 e. The number of ketones is 1. The molecule has 0 amide bonds. The monoisotopic (exact) mass is 381 g/mol. The zero-order chi connectivity index (χ0) is 19.9. The van der Waals surface area contributed by atoms with Crippen molar-refractivity contribution in [2.24, 2.45) is 5.41 Å². The van der Waals surface area contributed by atoms with Crippen LogP contribution in [0.5, 0.6) is 0 Å². The predicted octanol–water partition coefficient (Wildman–Crippen LogP) is 4.14. The van der Waals surface area contributed by atoms with E-state index in [2.05, 4.69) is 77.8 Å². The molecule has 1 aromatic carbocycles. The molecule has 1 unspecified atom stereocenters. The summed E-state index contributed by atoms with van der Waals surface area (Å²) in [4.78, 5) is 15.4. The number of carbonyl (C=O) groups excluding carboxylic acids is 1. The number of hydrogen-bond acceptors (Lipinski definition) is 7. The lowest BCUT2D eigenvalue weighted by Crippen LogP contribution is -2.31. The van der Waals surface area contributed by atoms with E-state index in [0.29, 0.717) is 18.1 Å². The number of carbonyl (C=O) groups is 1. The van der Waals surface area contributed by atoms with Gasteiger partial charge in [-0.25, -0.2) is 4.63 Å². The normalized spacial score (nSPS) is 20.6. The molecule has 0 spiro atoms. The quantitative estimate of drug-likeness (QED) is 0.823. The Hall–Kier alpha value is -2.83. The lowest BCUT2D eigenvalue weighted by molar-refractivity contribution is -0.118. The smallest absolute Gasteiger partial charge is 0.219 e. The van der Waals surface area contributed by atoms with Crippen LogP contribution >= 0.6 is 0 Å². The van der Waals surface area contributed by atoms with Gasteiger partial charge in [-0.05, 0) is 53.7 Å². The third kappa shape index (κ3) is 3.25. The van der Waals surface area contributed by atoms with E-state index in [1.54, 1.807) is 0 Å². The first kappa shape index (κ1) is 18.5. The number of hydrogen-bond donors (Lipinski definition) is 2. The zero-order valence-corrected chi connectivity index (χ0v) is 16.9. The zero-order valence-electron chi connectivity index (χ0n) is 16.9. The number of benzene rings is 1. The number of allylic oxidation sites excluding steroid dienone is 1. The fraction of sp³-hybridized carbons (Fsp3) is 0.476. The van der Waals surface area contributed by atoms with Crippen LogP contribution in [0.15, 0.2) is 40.2 Å². The maximum absolute atomic E-state index is 13.1. The molecule has 1 atom stereocenters. The Labute approximate surface area is 165 Å². The van der Waals surface area contributed by atoms with Gasteiger partial charge in [0, 0.05) is 36.5 Å². The summed E-state index contributed by atoms with van der Waals surface area (Å²) in [7, 11) is 0. The van der Waals surface area contributed by atoms with Gasteiger partial charge < -0.3 is 15.5 Å². The van der Waals surface area contributed by atoms with Crippen LogP contribution in [0.4, 0.5) is 17.3 Å². The maximum atomic E-state index is 13.1. The molecule has 0 saturated heterocycles. The number of anilines is 3. The van der Waals surface area contributed by atoms with Crippen molar-refractivity contribution in [1.29, 1.82) is 0 Å². The van der Waals surface area contributed by atoms with Crippen LogP contribution in [0.1, 0.15) is 52.1 Å². The molecule has 148 valence electrons. The highest BCUT2D eigenvalue weighted by Crippen LogP contribution is 2.44. The van der Waals surface area contributed by atoms with Crippen LogP contribution in [0, 0.1) is 5.41 Å². The number of Topliss-reactive ketones (excluding diaryl/α,β-unsaturated/α-hetero) is 1. The highest BCUT2D eigenvalue weighted by Gasteiger charge is 2.39. The van der Waals surface area contributed by atoms with Crippen molar-refractivity contribution in [2.75, 3.05) is 28.6 Å². The molecule has 2 N–H and O–H groups in total. The van der Waals surface area contributed by atoms with Crippen LogP contribution < -0.4 is 15.5 Å². The number of fused-ring (bicyclic) bond motifs is 1. The van der Waals surface area contributed by atoms with Crippen LogP contribution in [-0.2, 0) is 4.79 Å². The standard InChI is InChI=1S/C21H27N5O2/c1-5-26(6-2)14-9-7-13(8-10-14)18-17-15(11-21(3,4)12-16(17)27)22-19-20(23-18)25-28-24-19/h7-10,18H,5-6,11-12H2,1-4H3,(H,22,24)(H,23,25). The molecule has 1 aromatic heterocycles. The first-order valence-corrected chi connectivity index (χ1v) is 9.89. The van der Waals surface area contributed by atoms with Gasteiger partial charge in [0.15, 0.2) is 5.78 Å². The van der Waals surface area contributed by atoms with Gasteiger partial charge in [-0.1, -0.05) is 26.0 Å². The fourth-order valence-electron chi connectivity index (χ4n) is 4.21. The Balaban J connectivity index is 1.77. The summed E-state index contributed by atoms with van der Waals surface area (Å²) in [5.74, 6) is 1.21. The molecule has 0 fully saturated rings. The number of nitrogens with one attached hydrogen (secondary N) is 2. The summed E-state index contributed by atoms with van der Waals surface area (Å²) in [6.07, 6.45) is 1.30. The minimum atomic E-state index is -0.287. The number of rotatable bonds is 4. The largest absolute Gasteiger partial charge is 0.372 e. The van der Waals surface area contributed by atoms with E-state index in [9.17, 15) is 4.79 Å². The molecule has 0 saturated carbocycles. The lowest BCUT2D eigenvalue weighted by Gasteiger charge is -2.34. The predicted molar refractivity (Wildman–Crippen MR) is 109 cm³/mol. The molecule has 4 rings (SSSR count). The van der Waals surface area contributed by atoms with E-state index in [1.165, 1.54) is 5.69 Å². The van der Waals surface area contributed by atoms with Crippen LogP contribution in [-0.4, -0.2) is 29.2 Å². The summed E-state index contributed by atoms with van der Waals surface area (Å²) in [6, 6.07) is 8.11. The van der Waals surface area contributed by atoms with Crippen LogP contribution in [0.2, 0.25) is 0 Å². The molecule has 1 aliphatic heterocycles. The summed E-state index contributed by atoms with van der Waals surface area (Å²) in [6.45, 7) is 10.4. The Morgan fingerprint density at radius 1 is 1.11 bits per heavy atom. The maximum Gasteiger partial charge on any atom is 0.219 e. The molecule has 7 nitrogen and oxygen atoms in total. The van der Waals surface area contributed by atoms with Crippen molar-refractivity contribution in [2.45, 2.75) is 46.6 Å². The molecule has 2 aromatic rings. The second-order valence-electron chi connectivity index (χ2n) is 8.26. The Morgan fingerprint density at radius 3 is 2.46 bits per heavy atom. The highest BCUT2D eigenvalue weighted by molar-refractivity contribution is 6.00. The summed E-state index contributed by atoms with van der Waals surface area (Å²) in [5.41, 5.74) is 3.78. The molecular weight excluding hydrogens is 354 g/mol. The van der Waals surface area contributed by atoms with E-state index in [-0.39, 0.29) is 17.2 Å². The van der Waals surface area contributed by atoms with Gasteiger partial charge in [0.1, 0.15) is 0 Å². The van der Waals surface area contributed by atoms with Crippen molar-refractivity contribution in [3.8, 4) is 0 Å². The Kier molecular flexibility index (Phi) is 4.61. The molecule has 0 bridgehead atoms. The summed E-state index contributed by atoms with van der Waals surface area (Å²) in [5, 5.41) is 14.6. The second-order valence-corrected chi connectivity index (χ2v) is 8.26. The highest BCUT2D eigenvalue weighted by atomic mass is 16.6. The van der Waals surface area contributed by atoms with E-state index in [0.717, 1.165) is 36.3 Å². The summed E-state index contributed by atoms with van der Waals surface area (Å²) >= 11 is 0. The third-order valence-corrected chi connectivity index (χ3v) is 5.60. The lowest BCUT2D eigenvalue weighted by atomic mass is 9.73. The van der Waals surface area contributed by atoms with Crippen molar-refractivity contribution in [1.82, 2.24) is 10.3 Å². The average molecular weight is 381 g/mol. The van der Waals surface area contributed by atoms with Crippen molar-refractivity contribution >= 4 is 23.1 Å². The van der Waals surface area contributed by atoms with E-state index >= 15 is 0 Å².